The minimum absolute atomic E-state index is 0.116. The van der Waals surface area contributed by atoms with Crippen molar-refractivity contribution in [1.82, 2.24) is 4.98 Å². The van der Waals surface area contributed by atoms with Crippen LogP contribution in [0.2, 0.25) is 0 Å². The Morgan fingerprint density at radius 1 is 1.47 bits per heavy atom. The van der Waals surface area contributed by atoms with E-state index in [9.17, 15) is 4.79 Å². The molecule has 5 heteroatoms. The Labute approximate surface area is 92.9 Å². The molecule has 15 heavy (non-hydrogen) atoms. The van der Waals surface area contributed by atoms with Gasteiger partial charge in [0.05, 0.1) is 5.69 Å². The van der Waals surface area contributed by atoms with Crippen molar-refractivity contribution in [2.24, 2.45) is 0 Å². The molecule has 1 aromatic rings. The quantitative estimate of drug-likeness (QED) is 0.862. The van der Waals surface area contributed by atoms with Crippen LogP contribution in [0.25, 0.3) is 0 Å². The summed E-state index contributed by atoms with van der Waals surface area (Å²) in [5.41, 5.74) is 0.645. The molecule has 0 aliphatic carbocycles. The van der Waals surface area contributed by atoms with E-state index in [1.54, 1.807) is 7.11 Å². The molecular formula is C10H15NO3S. The first-order valence-electron chi connectivity index (χ1n) is 4.74. The van der Waals surface area contributed by atoms with Gasteiger partial charge in [-0.2, -0.15) is 0 Å². The fraction of sp³-hybridized carbons (Fsp3) is 0.600. The predicted octanol–water partition coefficient (Wildman–Crippen LogP) is 2.67. The van der Waals surface area contributed by atoms with Gasteiger partial charge in [-0.3, -0.25) is 0 Å². The summed E-state index contributed by atoms with van der Waals surface area (Å²) >= 11 is 1.19. The molecule has 0 radical (unpaired) electrons. The second-order valence-corrected chi connectivity index (χ2v) is 4.63. The molecule has 0 saturated carbocycles. The molecule has 0 bridgehead atoms. The molecule has 0 spiro atoms. The first-order chi connectivity index (χ1) is 6.97. The van der Waals surface area contributed by atoms with Gasteiger partial charge in [0.2, 0.25) is 0 Å². The van der Waals surface area contributed by atoms with Crippen molar-refractivity contribution in [1.29, 1.82) is 0 Å². The lowest BCUT2D eigenvalue weighted by Crippen LogP contribution is -2.00. The molecule has 1 atom stereocenters. The van der Waals surface area contributed by atoms with Crippen LogP contribution in [0.15, 0.2) is 0 Å². The summed E-state index contributed by atoms with van der Waals surface area (Å²) in [6, 6.07) is 0. The van der Waals surface area contributed by atoms with Crippen LogP contribution in [-0.4, -0.2) is 23.2 Å². The Hall–Kier alpha value is -0.940. The summed E-state index contributed by atoms with van der Waals surface area (Å²) in [6.07, 6.45) is -0.152. The molecule has 0 aliphatic rings. The van der Waals surface area contributed by atoms with Crippen LogP contribution in [-0.2, 0) is 4.74 Å². The summed E-state index contributed by atoms with van der Waals surface area (Å²) in [5.74, 6) is -0.795. The van der Waals surface area contributed by atoms with Crippen molar-refractivity contribution in [2.75, 3.05) is 7.11 Å². The molecule has 1 rings (SSSR count). The maximum Gasteiger partial charge on any atom is 0.347 e. The third-order valence-electron chi connectivity index (χ3n) is 2.11. The molecular weight excluding hydrogens is 214 g/mol. The van der Waals surface area contributed by atoms with Gasteiger partial charge in [0.25, 0.3) is 0 Å². The third-order valence-corrected chi connectivity index (χ3v) is 3.33. The molecule has 1 unspecified atom stereocenters. The first kappa shape index (κ1) is 12.1. The number of carboxylic acid groups (broad SMARTS) is 1. The van der Waals surface area contributed by atoms with E-state index >= 15 is 0 Å². The van der Waals surface area contributed by atoms with Crippen molar-refractivity contribution in [2.45, 2.75) is 32.8 Å². The van der Waals surface area contributed by atoms with E-state index in [2.05, 4.69) is 4.98 Å². The second kappa shape index (κ2) is 4.72. The number of ether oxygens (including phenoxy) is 1. The normalized spacial score (nSPS) is 13.1. The van der Waals surface area contributed by atoms with Gasteiger partial charge in [-0.15, -0.1) is 11.3 Å². The van der Waals surface area contributed by atoms with Gasteiger partial charge in [0.15, 0.2) is 0 Å². The Bertz CT molecular complexity index is 360. The maximum absolute atomic E-state index is 11.0. The highest BCUT2D eigenvalue weighted by Gasteiger charge is 2.21. The van der Waals surface area contributed by atoms with E-state index in [1.807, 2.05) is 20.8 Å². The number of aromatic nitrogens is 1. The number of nitrogens with zero attached hydrogens (tertiary/aromatic N) is 1. The fourth-order valence-corrected chi connectivity index (χ4v) is 2.26. The standard InChI is InChI=1S/C10H15NO3S/c1-5(2)7-8(10(12)13)15-9(11-7)6(3)14-4/h5-6H,1-4H3,(H,12,13). The molecule has 4 nitrogen and oxygen atoms in total. The number of carbonyl (C=O) groups is 1. The Morgan fingerprint density at radius 2 is 2.07 bits per heavy atom. The molecule has 0 aromatic carbocycles. The topological polar surface area (TPSA) is 59.4 Å². The third kappa shape index (κ3) is 2.54. The van der Waals surface area contributed by atoms with Crippen molar-refractivity contribution >= 4 is 17.3 Å². The molecule has 0 aliphatic heterocycles. The lowest BCUT2D eigenvalue weighted by molar-refractivity contribution is 0.0700. The number of hydrogen-bond donors (Lipinski definition) is 1. The lowest BCUT2D eigenvalue weighted by atomic mass is 10.1. The molecule has 0 amide bonds. The molecule has 0 saturated heterocycles. The van der Waals surface area contributed by atoms with Gasteiger partial charge < -0.3 is 9.84 Å². The van der Waals surface area contributed by atoms with Crippen molar-refractivity contribution in [3.8, 4) is 0 Å². The number of aromatic carboxylic acids is 1. The zero-order valence-electron chi connectivity index (χ0n) is 9.27. The zero-order chi connectivity index (χ0) is 11.6. The van der Waals surface area contributed by atoms with E-state index in [4.69, 9.17) is 9.84 Å². The summed E-state index contributed by atoms with van der Waals surface area (Å²) < 4.78 is 5.12. The Balaban J connectivity index is 3.15. The Kier molecular flexibility index (Phi) is 3.82. The lowest BCUT2D eigenvalue weighted by Gasteiger charge is -2.04. The van der Waals surface area contributed by atoms with Crippen LogP contribution in [0, 0.1) is 0 Å². The highest BCUT2D eigenvalue weighted by Crippen LogP contribution is 2.29. The molecule has 84 valence electrons. The highest BCUT2D eigenvalue weighted by molar-refractivity contribution is 7.13. The zero-order valence-corrected chi connectivity index (χ0v) is 10.1. The minimum Gasteiger partial charge on any atom is -0.477 e. The minimum atomic E-state index is -0.911. The molecule has 1 heterocycles. The van der Waals surface area contributed by atoms with Gasteiger partial charge in [0.1, 0.15) is 16.0 Å². The molecule has 1 aromatic heterocycles. The maximum atomic E-state index is 11.0. The smallest absolute Gasteiger partial charge is 0.347 e. The van der Waals surface area contributed by atoms with Crippen molar-refractivity contribution in [3.05, 3.63) is 15.6 Å². The van der Waals surface area contributed by atoms with Crippen LogP contribution in [0.1, 0.15) is 53.2 Å². The van der Waals surface area contributed by atoms with E-state index in [-0.39, 0.29) is 12.0 Å². The van der Waals surface area contributed by atoms with E-state index in [1.165, 1.54) is 11.3 Å². The summed E-state index contributed by atoms with van der Waals surface area (Å²) in [4.78, 5) is 15.6. The van der Waals surface area contributed by atoms with Crippen LogP contribution in [0.3, 0.4) is 0 Å². The van der Waals surface area contributed by atoms with Crippen LogP contribution in [0.5, 0.6) is 0 Å². The van der Waals surface area contributed by atoms with Crippen molar-refractivity contribution < 1.29 is 14.6 Å². The van der Waals surface area contributed by atoms with E-state index < -0.39 is 5.97 Å². The van der Waals surface area contributed by atoms with Gasteiger partial charge in [-0.1, -0.05) is 13.8 Å². The van der Waals surface area contributed by atoms with Gasteiger partial charge in [0, 0.05) is 7.11 Å². The first-order valence-corrected chi connectivity index (χ1v) is 5.55. The number of hydrogen-bond acceptors (Lipinski definition) is 4. The second-order valence-electron chi connectivity index (χ2n) is 3.60. The Morgan fingerprint density at radius 3 is 2.40 bits per heavy atom. The average molecular weight is 229 g/mol. The van der Waals surface area contributed by atoms with Gasteiger partial charge in [-0.05, 0) is 12.8 Å². The van der Waals surface area contributed by atoms with Crippen LogP contribution in [0.4, 0.5) is 0 Å². The summed E-state index contributed by atoms with van der Waals surface area (Å²) in [5, 5.41) is 9.73. The van der Waals surface area contributed by atoms with Crippen molar-refractivity contribution in [3.63, 3.8) is 0 Å². The van der Waals surface area contributed by atoms with E-state index in [0.29, 0.717) is 10.6 Å². The van der Waals surface area contributed by atoms with Crippen LogP contribution >= 0.6 is 11.3 Å². The molecule has 1 N–H and O–H groups in total. The number of methoxy groups -OCH3 is 1. The largest absolute Gasteiger partial charge is 0.477 e. The highest BCUT2D eigenvalue weighted by atomic mass is 32.1. The fourth-order valence-electron chi connectivity index (χ4n) is 1.17. The summed E-state index contributed by atoms with van der Waals surface area (Å²) in [7, 11) is 1.58. The van der Waals surface area contributed by atoms with Crippen LogP contribution < -0.4 is 0 Å². The van der Waals surface area contributed by atoms with Gasteiger partial charge >= 0.3 is 5.97 Å². The number of carboxylic acids is 1. The van der Waals surface area contributed by atoms with Gasteiger partial charge in [-0.25, -0.2) is 9.78 Å². The number of thiazole rings is 1. The van der Waals surface area contributed by atoms with E-state index in [0.717, 1.165) is 5.01 Å². The average Bonchev–Trinajstić information content (AvgIpc) is 2.61. The predicted molar refractivity (Wildman–Crippen MR) is 58.6 cm³/mol. The number of rotatable bonds is 4. The monoisotopic (exact) mass is 229 g/mol. The SMILES string of the molecule is COC(C)c1nc(C(C)C)c(C(=O)O)s1. The molecule has 0 fully saturated rings. The summed E-state index contributed by atoms with van der Waals surface area (Å²) in [6.45, 7) is 5.72.